The normalized spacial score (nSPS) is 16.9. The maximum atomic E-state index is 11.1. The highest BCUT2D eigenvalue weighted by Crippen LogP contribution is 2.49. The smallest absolute Gasteiger partial charge is 0.309 e. The zero-order valence-electron chi connectivity index (χ0n) is 8.86. The maximum absolute atomic E-state index is 11.1. The van der Waals surface area contributed by atoms with E-state index in [0.717, 1.165) is 5.56 Å². The molecule has 0 unspecified atom stereocenters. The molecule has 0 saturated heterocycles. The van der Waals surface area contributed by atoms with Gasteiger partial charge in [-0.1, -0.05) is 17.7 Å². The first-order valence-electron chi connectivity index (χ1n) is 5.00. The van der Waals surface area contributed by atoms with Gasteiger partial charge in [0.2, 0.25) is 5.88 Å². The number of carboxylic acid groups (broad SMARTS) is 1. The molecular formula is C11H12ClNO3. The number of halogens is 1. The molecule has 0 aliphatic heterocycles. The van der Waals surface area contributed by atoms with E-state index >= 15 is 0 Å². The van der Waals surface area contributed by atoms with E-state index in [2.05, 4.69) is 4.98 Å². The Kier molecular flexibility index (Phi) is 2.76. The standard InChI is InChI=1S/C11H12ClNO3/c1-16-9-7(2-3-8(12)13-9)6-11(4-5-11)10(14)15/h2-3H,4-6H2,1H3,(H,14,15). The van der Waals surface area contributed by atoms with Crippen LogP contribution in [0.4, 0.5) is 0 Å². The van der Waals surface area contributed by atoms with Crippen molar-refractivity contribution < 1.29 is 14.6 Å². The lowest BCUT2D eigenvalue weighted by Gasteiger charge is -2.12. The summed E-state index contributed by atoms with van der Waals surface area (Å²) in [5.41, 5.74) is 0.190. The van der Waals surface area contributed by atoms with Gasteiger partial charge in [0, 0.05) is 5.56 Å². The summed E-state index contributed by atoms with van der Waals surface area (Å²) >= 11 is 5.74. The van der Waals surface area contributed by atoms with Gasteiger partial charge >= 0.3 is 5.97 Å². The molecule has 1 saturated carbocycles. The van der Waals surface area contributed by atoms with Crippen LogP contribution in [0.5, 0.6) is 5.88 Å². The van der Waals surface area contributed by atoms with E-state index in [1.165, 1.54) is 7.11 Å². The van der Waals surface area contributed by atoms with Crippen LogP contribution in [0.3, 0.4) is 0 Å². The van der Waals surface area contributed by atoms with Gasteiger partial charge in [-0.25, -0.2) is 4.98 Å². The Hall–Kier alpha value is -1.29. The van der Waals surface area contributed by atoms with E-state index in [0.29, 0.717) is 30.3 Å². The van der Waals surface area contributed by atoms with Gasteiger partial charge in [-0.15, -0.1) is 0 Å². The number of hydrogen-bond acceptors (Lipinski definition) is 3. The van der Waals surface area contributed by atoms with Crippen molar-refractivity contribution in [2.45, 2.75) is 19.3 Å². The Morgan fingerprint density at radius 1 is 1.62 bits per heavy atom. The van der Waals surface area contributed by atoms with Crippen LogP contribution in [0.1, 0.15) is 18.4 Å². The third-order valence-corrected chi connectivity index (χ3v) is 3.15. The summed E-state index contributed by atoms with van der Waals surface area (Å²) in [6.45, 7) is 0. The van der Waals surface area contributed by atoms with Crippen molar-refractivity contribution in [3.8, 4) is 5.88 Å². The fourth-order valence-electron chi connectivity index (χ4n) is 1.74. The van der Waals surface area contributed by atoms with Gasteiger partial charge in [-0.05, 0) is 25.3 Å². The van der Waals surface area contributed by atoms with Crippen molar-refractivity contribution >= 4 is 17.6 Å². The predicted octanol–water partition coefficient (Wildman–Crippen LogP) is 2.15. The quantitative estimate of drug-likeness (QED) is 0.821. The molecule has 16 heavy (non-hydrogen) atoms. The summed E-state index contributed by atoms with van der Waals surface area (Å²) < 4.78 is 5.09. The van der Waals surface area contributed by atoms with Crippen molar-refractivity contribution in [3.63, 3.8) is 0 Å². The van der Waals surface area contributed by atoms with Gasteiger partial charge in [0.15, 0.2) is 0 Å². The van der Waals surface area contributed by atoms with Crippen LogP contribution >= 0.6 is 11.6 Å². The van der Waals surface area contributed by atoms with E-state index in [1.54, 1.807) is 12.1 Å². The summed E-state index contributed by atoms with van der Waals surface area (Å²) in [6.07, 6.45) is 1.89. The highest BCUT2D eigenvalue weighted by molar-refractivity contribution is 6.29. The Morgan fingerprint density at radius 3 is 2.81 bits per heavy atom. The maximum Gasteiger partial charge on any atom is 0.309 e. The molecule has 0 bridgehead atoms. The molecule has 0 atom stereocenters. The topological polar surface area (TPSA) is 59.4 Å². The second-order valence-corrected chi connectivity index (χ2v) is 4.45. The van der Waals surface area contributed by atoms with E-state index < -0.39 is 11.4 Å². The number of rotatable bonds is 4. The Balaban J connectivity index is 2.25. The predicted molar refractivity (Wildman–Crippen MR) is 58.8 cm³/mol. The molecule has 1 fully saturated rings. The Morgan fingerprint density at radius 2 is 2.31 bits per heavy atom. The molecular weight excluding hydrogens is 230 g/mol. The van der Waals surface area contributed by atoms with Crippen LogP contribution in [-0.2, 0) is 11.2 Å². The third kappa shape index (κ3) is 1.97. The summed E-state index contributed by atoms with van der Waals surface area (Å²) in [7, 11) is 1.50. The lowest BCUT2D eigenvalue weighted by molar-refractivity contribution is -0.143. The summed E-state index contributed by atoms with van der Waals surface area (Å²) in [5.74, 6) is -0.329. The molecule has 1 aliphatic carbocycles. The van der Waals surface area contributed by atoms with E-state index in [4.69, 9.17) is 21.4 Å². The summed E-state index contributed by atoms with van der Waals surface area (Å²) in [4.78, 5) is 15.1. The lowest BCUT2D eigenvalue weighted by Crippen LogP contribution is -2.18. The number of pyridine rings is 1. The molecule has 86 valence electrons. The molecule has 2 rings (SSSR count). The lowest BCUT2D eigenvalue weighted by atomic mass is 9.97. The van der Waals surface area contributed by atoms with E-state index in [1.807, 2.05) is 0 Å². The summed E-state index contributed by atoms with van der Waals surface area (Å²) in [5, 5.41) is 9.44. The molecule has 0 spiro atoms. The minimum atomic E-state index is -0.746. The third-order valence-electron chi connectivity index (χ3n) is 2.93. The average molecular weight is 242 g/mol. The minimum absolute atomic E-state index is 0.348. The zero-order valence-corrected chi connectivity index (χ0v) is 9.62. The number of nitrogens with zero attached hydrogens (tertiary/aromatic N) is 1. The number of methoxy groups -OCH3 is 1. The molecule has 4 nitrogen and oxygen atoms in total. The van der Waals surface area contributed by atoms with Gasteiger partial charge in [-0.3, -0.25) is 4.79 Å². The minimum Gasteiger partial charge on any atom is -0.481 e. The van der Waals surface area contributed by atoms with Crippen LogP contribution in [0.15, 0.2) is 12.1 Å². The zero-order chi connectivity index (χ0) is 11.8. The molecule has 1 heterocycles. The van der Waals surface area contributed by atoms with Crippen LogP contribution in [0.2, 0.25) is 5.15 Å². The molecule has 0 radical (unpaired) electrons. The number of aromatic nitrogens is 1. The van der Waals surface area contributed by atoms with Crippen LogP contribution in [0.25, 0.3) is 0 Å². The first-order chi connectivity index (χ1) is 7.57. The van der Waals surface area contributed by atoms with Crippen LogP contribution in [-0.4, -0.2) is 23.2 Å². The van der Waals surface area contributed by atoms with Crippen molar-refractivity contribution in [1.82, 2.24) is 4.98 Å². The second kappa shape index (κ2) is 3.94. The molecule has 1 aromatic heterocycles. The molecule has 0 aromatic carbocycles. The van der Waals surface area contributed by atoms with Gasteiger partial charge in [0.1, 0.15) is 5.15 Å². The van der Waals surface area contributed by atoms with Gasteiger partial charge < -0.3 is 9.84 Å². The van der Waals surface area contributed by atoms with Crippen LogP contribution < -0.4 is 4.74 Å². The molecule has 1 aromatic rings. The fraction of sp³-hybridized carbons (Fsp3) is 0.455. The van der Waals surface area contributed by atoms with Gasteiger partial charge in [-0.2, -0.15) is 0 Å². The fourth-order valence-corrected chi connectivity index (χ4v) is 1.88. The highest BCUT2D eigenvalue weighted by atomic mass is 35.5. The van der Waals surface area contributed by atoms with E-state index in [-0.39, 0.29) is 0 Å². The average Bonchev–Trinajstić information content (AvgIpc) is 3.02. The van der Waals surface area contributed by atoms with E-state index in [9.17, 15) is 4.79 Å². The van der Waals surface area contributed by atoms with Crippen molar-refractivity contribution in [2.75, 3.05) is 7.11 Å². The number of aliphatic carboxylic acids is 1. The molecule has 1 N–H and O–H groups in total. The largest absolute Gasteiger partial charge is 0.481 e. The first-order valence-corrected chi connectivity index (χ1v) is 5.38. The van der Waals surface area contributed by atoms with Crippen LogP contribution in [0, 0.1) is 5.41 Å². The number of hydrogen-bond donors (Lipinski definition) is 1. The Bertz CT molecular complexity index is 429. The first kappa shape index (κ1) is 11.2. The number of carbonyl (C=O) groups is 1. The number of ether oxygens (including phenoxy) is 1. The van der Waals surface area contributed by atoms with Gasteiger partial charge in [0.25, 0.3) is 0 Å². The molecule has 0 amide bonds. The Labute approximate surface area is 98.2 Å². The second-order valence-electron chi connectivity index (χ2n) is 4.06. The molecule has 1 aliphatic rings. The SMILES string of the molecule is COc1nc(Cl)ccc1CC1(C(=O)O)CC1. The number of carboxylic acids is 1. The monoisotopic (exact) mass is 241 g/mol. The van der Waals surface area contributed by atoms with Gasteiger partial charge in [0.05, 0.1) is 12.5 Å². The van der Waals surface area contributed by atoms with Crippen molar-refractivity contribution in [2.24, 2.45) is 5.41 Å². The molecule has 5 heteroatoms. The van der Waals surface area contributed by atoms with Crippen molar-refractivity contribution in [1.29, 1.82) is 0 Å². The highest BCUT2D eigenvalue weighted by Gasteiger charge is 2.50. The van der Waals surface area contributed by atoms with Crippen molar-refractivity contribution in [3.05, 3.63) is 22.8 Å². The summed E-state index contributed by atoms with van der Waals surface area (Å²) in [6, 6.07) is 3.43.